The van der Waals surface area contributed by atoms with Crippen LogP contribution >= 0.6 is 0 Å². The van der Waals surface area contributed by atoms with Gasteiger partial charge in [0, 0.05) is 6.54 Å². The molecule has 1 rings (SSSR count). The van der Waals surface area contributed by atoms with E-state index in [0.29, 0.717) is 6.04 Å². The minimum Gasteiger partial charge on any atom is -0.399 e. The van der Waals surface area contributed by atoms with Gasteiger partial charge in [-0.2, -0.15) is 0 Å². The Kier molecular flexibility index (Phi) is 2.65. The zero-order valence-corrected chi connectivity index (χ0v) is 7.08. The molecule has 1 unspecified atom stereocenters. The third-order valence-electron chi connectivity index (χ3n) is 1.88. The molecule has 0 bridgehead atoms. The van der Waals surface area contributed by atoms with Gasteiger partial charge >= 0.3 is 0 Å². The predicted octanol–water partition coefficient (Wildman–Crippen LogP) is 0.879. The van der Waals surface area contributed by atoms with Crippen LogP contribution in [-0.2, 0) is 4.84 Å². The molecule has 0 radical (unpaired) electrons. The first-order valence-electron chi connectivity index (χ1n) is 3.67. The van der Waals surface area contributed by atoms with Gasteiger partial charge in [-0.05, 0) is 13.5 Å². The first-order valence-corrected chi connectivity index (χ1v) is 3.67. The SMILES string of the molecule is C=C1CC(/C=N/OC)N(C)C1. The van der Waals surface area contributed by atoms with Crippen molar-refractivity contribution in [2.45, 2.75) is 12.5 Å². The summed E-state index contributed by atoms with van der Waals surface area (Å²) in [6, 6.07) is 0.377. The number of hydrogen-bond acceptors (Lipinski definition) is 3. The minimum atomic E-state index is 0.377. The van der Waals surface area contributed by atoms with Crippen LogP contribution in [0, 0.1) is 0 Å². The van der Waals surface area contributed by atoms with Crippen molar-refractivity contribution in [2.75, 3.05) is 20.7 Å². The molecule has 11 heavy (non-hydrogen) atoms. The molecule has 0 aliphatic carbocycles. The molecule has 62 valence electrons. The molecule has 1 aliphatic rings. The van der Waals surface area contributed by atoms with Gasteiger partial charge in [-0.15, -0.1) is 0 Å². The lowest BCUT2D eigenvalue weighted by molar-refractivity contribution is 0.211. The van der Waals surface area contributed by atoms with Gasteiger partial charge in [0.25, 0.3) is 0 Å². The van der Waals surface area contributed by atoms with Crippen molar-refractivity contribution in [3.05, 3.63) is 12.2 Å². The lowest BCUT2D eigenvalue weighted by Crippen LogP contribution is -2.25. The van der Waals surface area contributed by atoms with Crippen LogP contribution < -0.4 is 0 Å². The Morgan fingerprint density at radius 3 is 3.00 bits per heavy atom. The van der Waals surface area contributed by atoms with Crippen molar-refractivity contribution in [3.8, 4) is 0 Å². The van der Waals surface area contributed by atoms with Gasteiger partial charge in [-0.25, -0.2) is 0 Å². The van der Waals surface area contributed by atoms with Crippen LogP contribution in [0.1, 0.15) is 6.42 Å². The topological polar surface area (TPSA) is 24.8 Å². The Labute approximate surface area is 67.3 Å². The number of rotatable bonds is 2. The van der Waals surface area contributed by atoms with Crippen LogP contribution in [-0.4, -0.2) is 37.9 Å². The highest BCUT2D eigenvalue weighted by Crippen LogP contribution is 2.17. The Balaban J connectivity index is 2.46. The average Bonchev–Trinajstić information content (AvgIpc) is 2.26. The van der Waals surface area contributed by atoms with Crippen molar-refractivity contribution in [3.63, 3.8) is 0 Å². The normalized spacial score (nSPS) is 26.7. The Hall–Kier alpha value is -0.830. The second-order valence-corrected chi connectivity index (χ2v) is 2.87. The zero-order valence-electron chi connectivity index (χ0n) is 7.08. The lowest BCUT2D eigenvalue weighted by Gasteiger charge is -2.12. The lowest BCUT2D eigenvalue weighted by atomic mass is 10.2. The summed E-state index contributed by atoms with van der Waals surface area (Å²) in [4.78, 5) is 6.80. The first-order chi connectivity index (χ1) is 5.24. The maximum atomic E-state index is 4.60. The number of nitrogens with zero attached hydrogens (tertiary/aromatic N) is 2. The highest BCUT2D eigenvalue weighted by atomic mass is 16.6. The Bertz CT molecular complexity index is 177. The molecule has 0 aromatic carbocycles. The standard InChI is InChI=1S/C8H14N2O/c1-7-4-8(5-9-11-3)10(2)6-7/h5,8H,1,4,6H2,2-3H3/b9-5+. The van der Waals surface area contributed by atoms with E-state index in [0.717, 1.165) is 13.0 Å². The van der Waals surface area contributed by atoms with Crippen molar-refractivity contribution in [1.82, 2.24) is 4.90 Å². The van der Waals surface area contributed by atoms with Crippen LogP contribution in [0.2, 0.25) is 0 Å². The van der Waals surface area contributed by atoms with Crippen LogP contribution in [0.25, 0.3) is 0 Å². The van der Waals surface area contributed by atoms with Crippen LogP contribution in [0.5, 0.6) is 0 Å². The summed E-state index contributed by atoms with van der Waals surface area (Å²) in [6.45, 7) is 4.89. The van der Waals surface area contributed by atoms with Gasteiger partial charge in [-0.3, -0.25) is 4.90 Å². The summed E-state index contributed by atoms with van der Waals surface area (Å²) in [6.07, 6.45) is 2.82. The number of likely N-dealkylation sites (N-methyl/N-ethyl adjacent to an activating group) is 1. The minimum absolute atomic E-state index is 0.377. The van der Waals surface area contributed by atoms with Crippen LogP contribution in [0.3, 0.4) is 0 Å². The maximum Gasteiger partial charge on any atom is 0.106 e. The van der Waals surface area contributed by atoms with E-state index in [1.54, 1.807) is 7.11 Å². The molecule has 3 heteroatoms. The molecule has 1 atom stereocenters. The molecular weight excluding hydrogens is 140 g/mol. The molecule has 1 aliphatic heterocycles. The van der Waals surface area contributed by atoms with Crippen LogP contribution in [0.15, 0.2) is 17.3 Å². The molecule has 0 amide bonds. The van der Waals surface area contributed by atoms with E-state index in [9.17, 15) is 0 Å². The number of oxime groups is 1. The molecular formula is C8H14N2O. The van der Waals surface area contributed by atoms with Crippen molar-refractivity contribution < 1.29 is 4.84 Å². The molecule has 0 saturated carbocycles. The van der Waals surface area contributed by atoms with Gasteiger partial charge in [-0.1, -0.05) is 17.3 Å². The van der Waals surface area contributed by atoms with E-state index in [2.05, 4.69) is 28.5 Å². The molecule has 3 nitrogen and oxygen atoms in total. The monoisotopic (exact) mass is 154 g/mol. The van der Waals surface area contributed by atoms with E-state index >= 15 is 0 Å². The smallest absolute Gasteiger partial charge is 0.106 e. The maximum absolute atomic E-state index is 4.60. The molecule has 0 aromatic rings. The highest BCUT2D eigenvalue weighted by molar-refractivity contribution is 5.65. The molecule has 1 heterocycles. The van der Waals surface area contributed by atoms with Crippen molar-refractivity contribution >= 4 is 6.21 Å². The van der Waals surface area contributed by atoms with Crippen LogP contribution in [0.4, 0.5) is 0 Å². The molecule has 0 spiro atoms. The van der Waals surface area contributed by atoms with Gasteiger partial charge < -0.3 is 4.84 Å². The first kappa shape index (κ1) is 8.27. The van der Waals surface area contributed by atoms with Gasteiger partial charge in [0.2, 0.25) is 0 Å². The summed E-state index contributed by atoms with van der Waals surface area (Å²) < 4.78 is 0. The number of hydrogen-bond donors (Lipinski definition) is 0. The molecule has 0 aromatic heterocycles. The zero-order chi connectivity index (χ0) is 8.27. The molecule has 0 N–H and O–H groups in total. The van der Waals surface area contributed by atoms with E-state index in [1.165, 1.54) is 5.57 Å². The number of likely N-dealkylation sites (tertiary alicyclic amines) is 1. The van der Waals surface area contributed by atoms with Gasteiger partial charge in [0.15, 0.2) is 0 Å². The van der Waals surface area contributed by atoms with E-state index in [1.807, 2.05) is 6.21 Å². The summed E-state index contributed by atoms with van der Waals surface area (Å²) in [5, 5.41) is 3.73. The average molecular weight is 154 g/mol. The third kappa shape index (κ3) is 2.05. The van der Waals surface area contributed by atoms with E-state index in [-0.39, 0.29) is 0 Å². The summed E-state index contributed by atoms with van der Waals surface area (Å²) in [5.41, 5.74) is 1.26. The molecule has 1 saturated heterocycles. The van der Waals surface area contributed by atoms with Gasteiger partial charge in [0.05, 0.1) is 12.3 Å². The second-order valence-electron chi connectivity index (χ2n) is 2.87. The summed E-state index contributed by atoms with van der Waals surface area (Å²) >= 11 is 0. The Morgan fingerprint density at radius 2 is 2.55 bits per heavy atom. The Morgan fingerprint density at radius 1 is 1.82 bits per heavy atom. The van der Waals surface area contributed by atoms with Gasteiger partial charge in [0.1, 0.15) is 7.11 Å². The van der Waals surface area contributed by atoms with E-state index in [4.69, 9.17) is 0 Å². The fourth-order valence-electron chi connectivity index (χ4n) is 1.28. The highest BCUT2D eigenvalue weighted by Gasteiger charge is 2.21. The quantitative estimate of drug-likeness (QED) is 0.335. The summed E-state index contributed by atoms with van der Waals surface area (Å²) in [7, 11) is 3.62. The fourth-order valence-corrected chi connectivity index (χ4v) is 1.28. The van der Waals surface area contributed by atoms with Crippen molar-refractivity contribution in [1.29, 1.82) is 0 Å². The molecule has 1 fully saturated rings. The predicted molar refractivity (Wildman–Crippen MR) is 45.7 cm³/mol. The second kappa shape index (κ2) is 3.53. The van der Waals surface area contributed by atoms with Crippen molar-refractivity contribution in [2.24, 2.45) is 5.16 Å². The summed E-state index contributed by atoms with van der Waals surface area (Å²) in [5.74, 6) is 0. The fraction of sp³-hybridized carbons (Fsp3) is 0.625. The van der Waals surface area contributed by atoms with E-state index < -0.39 is 0 Å². The third-order valence-corrected chi connectivity index (χ3v) is 1.88. The largest absolute Gasteiger partial charge is 0.399 e.